The molecule has 0 aliphatic rings. The van der Waals surface area contributed by atoms with Crippen molar-refractivity contribution in [2.45, 2.75) is 118 Å². The molecule has 0 radical (unpaired) electrons. The van der Waals surface area contributed by atoms with Crippen LogP contribution in [0.2, 0.25) is 45.8 Å². The molecule has 0 aromatic carbocycles. The molecule has 0 saturated carbocycles. The highest BCUT2D eigenvalue weighted by Gasteiger charge is 2.98. The highest BCUT2D eigenvalue weighted by Crippen LogP contribution is 2.66. The molecule has 0 heterocycles. The van der Waals surface area contributed by atoms with Gasteiger partial charge in [0, 0.05) is 12.2 Å². The van der Waals surface area contributed by atoms with Crippen LogP contribution in [0.5, 0.6) is 0 Å². The van der Waals surface area contributed by atoms with E-state index in [1.165, 1.54) is 6.55 Å². The number of rotatable bonds is 19. The van der Waals surface area contributed by atoms with Gasteiger partial charge < -0.3 is 17.7 Å². The van der Waals surface area contributed by atoms with Gasteiger partial charge in [0.25, 0.3) is 0 Å². The molecule has 0 aromatic heterocycles. The van der Waals surface area contributed by atoms with Crippen molar-refractivity contribution in [3.05, 3.63) is 12.2 Å². The molecule has 30 heteroatoms. The van der Waals surface area contributed by atoms with E-state index in [9.17, 15) is 102 Å². The Morgan fingerprint density at radius 1 is 0.500 bits per heavy atom. The average Bonchev–Trinajstić information content (AvgIpc) is 2.91. The Labute approximate surface area is 293 Å². The van der Waals surface area contributed by atoms with Crippen molar-refractivity contribution in [2.75, 3.05) is 6.23 Å². The van der Waals surface area contributed by atoms with Crippen molar-refractivity contribution in [3.8, 4) is 0 Å². The highest BCUT2D eigenvalue weighted by molar-refractivity contribution is 6.87. The topological polar surface area (TPSA) is 71.1 Å². The van der Waals surface area contributed by atoms with Crippen LogP contribution in [0.25, 0.3) is 0 Å². The molecule has 1 atom stereocenters. The maximum atomic E-state index is 14.1. The molecule has 0 aromatic rings. The van der Waals surface area contributed by atoms with E-state index in [0.717, 1.165) is 0 Å². The van der Waals surface area contributed by atoms with Gasteiger partial charge in [0.15, 0.2) is 22.8 Å². The molecule has 6 nitrogen and oxygen atoms in total. The molecule has 0 N–H and O–H groups in total. The van der Waals surface area contributed by atoms with Gasteiger partial charge in [0.2, 0.25) is 0 Å². The van der Waals surface area contributed by atoms with Crippen LogP contribution < -0.4 is 0 Å². The first-order chi connectivity index (χ1) is 23.1. The van der Waals surface area contributed by atoms with Crippen molar-refractivity contribution in [3.63, 3.8) is 0 Å². The van der Waals surface area contributed by atoms with Crippen molar-refractivity contribution < 1.29 is 119 Å². The fourth-order valence-electron chi connectivity index (χ4n) is 3.81. The third kappa shape index (κ3) is 9.31. The van der Waals surface area contributed by atoms with Gasteiger partial charge in [-0.2, -0.15) is 87.8 Å². The van der Waals surface area contributed by atoms with E-state index in [-0.39, 0.29) is 6.08 Å². The quantitative estimate of drug-likeness (QED) is 0.0557. The minimum absolute atomic E-state index is 0.263. The van der Waals surface area contributed by atoms with Crippen LogP contribution in [0.1, 0.15) is 6.92 Å². The zero-order valence-corrected chi connectivity index (χ0v) is 31.3. The average molecular weight is 897 g/mol. The summed E-state index contributed by atoms with van der Waals surface area (Å²) in [6, 6.07) is 0. The van der Waals surface area contributed by atoms with Crippen molar-refractivity contribution in [1.29, 1.82) is 0 Å². The zero-order valence-electron chi connectivity index (χ0n) is 28.3. The summed E-state index contributed by atoms with van der Waals surface area (Å²) >= 11 is 0. The third-order valence-electron chi connectivity index (χ3n) is 6.15. The minimum Gasteiger partial charge on any atom is -0.461 e. The molecule has 0 aliphatic heterocycles. The summed E-state index contributed by atoms with van der Waals surface area (Å²) in [5.41, 5.74) is 0. The molecule has 0 spiro atoms. The number of carbonyl (C=O) groups is 2. The largest absolute Gasteiger partial charge is 0.473 e. The lowest BCUT2D eigenvalue weighted by atomic mass is 9.85. The predicted octanol–water partition coefficient (Wildman–Crippen LogP) is 9.61. The second-order valence-corrected chi connectivity index (χ2v) is 25.9. The number of halogens is 21. The van der Waals surface area contributed by atoms with E-state index in [4.69, 9.17) is 13.0 Å². The van der Waals surface area contributed by atoms with Crippen LogP contribution in [0, 0.1) is 0 Å². The van der Waals surface area contributed by atoms with E-state index in [0.29, 0.717) is 0 Å². The molecule has 0 fully saturated rings. The van der Waals surface area contributed by atoms with Gasteiger partial charge in [-0.1, -0.05) is 0 Å². The Hall–Kier alpha value is -2.22. The lowest BCUT2D eigenvalue weighted by molar-refractivity contribution is -0.479. The first-order valence-electron chi connectivity index (χ1n) is 14.0. The standard InChI is InChI=1S/C24H29F21O6Si3/c1-12(25)15(26,27)16(28,29)17(30,31)18(32,33)19(34,35)20(36,37)21(38,39)22(40,41)23(42,43)24(44,45)49-14(47)10-9-13(46)48-11-54(8,50-52(2,3)4)51-53(5,6)7/h9-10,12H,11H2,1-8H3. The normalized spacial score (nSPS) is 16.5. The molecule has 0 aliphatic carbocycles. The van der Waals surface area contributed by atoms with E-state index >= 15 is 0 Å². The highest BCUT2D eigenvalue weighted by atomic mass is 28.5. The molecule has 0 saturated heterocycles. The van der Waals surface area contributed by atoms with Gasteiger partial charge in [-0.25, -0.2) is 14.0 Å². The van der Waals surface area contributed by atoms with E-state index in [2.05, 4.69) is 4.74 Å². The first-order valence-corrected chi connectivity index (χ1v) is 23.3. The number of hydrogen-bond acceptors (Lipinski definition) is 6. The second-order valence-electron chi connectivity index (χ2n) is 13.3. The Bertz CT molecular complexity index is 1370. The first kappa shape index (κ1) is 51.8. The Balaban J connectivity index is 6.59. The van der Waals surface area contributed by atoms with Gasteiger partial charge in [-0.3, -0.25) is 0 Å². The lowest BCUT2D eigenvalue weighted by Crippen LogP contribution is -2.77. The molecular formula is C24H29F21O6Si3. The molecule has 0 bridgehead atoms. The van der Waals surface area contributed by atoms with Gasteiger partial charge in [-0.15, -0.1) is 0 Å². The molecule has 54 heavy (non-hydrogen) atoms. The SMILES string of the molecule is CC(F)C(F)(F)C(F)(F)C(F)(F)C(F)(F)C(F)(F)C(F)(F)C(F)(F)C(F)(F)C(F)(F)C(F)(F)OC(=O)C=CC(=O)OC[Si](C)(O[Si](C)(C)C)O[Si](C)(C)C. The van der Waals surface area contributed by atoms with Gasteiger partial charge >= 0.3 is 79.9 Å². The summed E-state index contributed by atoms with van der Waals surface area (Å²) in [4.78, 5) is 23.6. The Morgan fingerprint density at radius 3 is 1.07 bits per heavy atom. The predicted molar refractivity (Wildman–Crippen MR) is 147 cm³/mol. The maximum Gasteiger partial charge on any atom is 0.473 e. The zero-order chi connectivity index (χ0) is 44.2. The number of carbonyl (C=O) groups excluding carboxylic acids is 2. The van der Waals surface area contributed by atoms with Crippen molar-refractivity contribution >= 4 is 37.1 Å². The van der Waals surface area contributed by atoms with Crippen molar-refractivity contribution in [1.82, 2.24) is 0 Å². The lowest BCUT2D eigenvalue weighted by Gasteiger charge is -2.44. The summed E-state index contributed by atoms with van der Waals surface area (Å²) in [5.74, 6) is -83.7. The van der Waals surface area contributed by atoms with Crippen LogP contribution in [0.3, 0.4) is 0 Å². The van der Waals surface area contributed by atoms with E-state index in [1.54, 1.807) is 39.3 Å². The summed E-state index contributed by atoms with van der Waals surface area (Å²) in [6.07, 6.45) is -14.0. The number of hydrogen-bond donors (Lipinski definition) is 0. The summed E-state index contributed by atoms with van der Waals surface area (Å²) in [5, 5.41) is 0. The van der Waals surface area contributed by atoms with Gasteiger partial charge in [0.1, 0.15) is 6.23 Å². The number of alkyl halides is 21. The van der Waals surface area contributed by atoms with E-state index in [1.807, 2.05) is 0 Å². The molecule has 1 unspecified atom stereocenters. The van der Waals surface area contributed by atoms with Gasteiger partial charge in [0.05, 0.1) is 0 Å². The fourth-order valence-corrected chi connectivity index (χ4v) is 15.6. The molecule has 0 rings (SSSR count). The summed E-state index contributed by atoms with van der Waals surface area (Å²) in [6.45, 7) is 10.6. The molecule has 0 amide bonds. The van der Waals surface area contributed by atoms with Crippen LogP contribution in [0.4, 0.5) is 92.2 Å². The monoisotopic (exact) mass is 896 g/mol. The third-order valence-corrected chi connectivity index (χ3v) is 15.2. The van der Waals surface area contributed by atoms with Crippen LogP contribution >= 0.6 is 0 Å². The number of esters is 2. The summed E-state index contributed by atoms with van der Waals surface area (Å²) in [7, 11) is -8.36. The molecular weight excluding hydrogens is 867 g/mol. The van der Waals surface area contributed by atoms with Crippen LogP contribution in [-0.2, 0) is 27.3 Å². The Kier molecular flexibility index (Phi) is 14.3. The molecule has 320 valence electrons. The second kappa shape index (κ2) is 14.9. The fraction of sp³-hybridized carbons (Fsp3) is 0.833. The van der Waals surface area contributed by atoms with Crippen LogP contribution in [-0.4, -0.2) is 109 Å². The summed E-state index contributed by atoms with van der Waals surface area (Å²) < 4.78 is 309. The van der Waals surface area contributed by atoms with Crippen LogP contribution in [0.15, 0.2) is 12.2 Å². The van der Waals surface area contributed by atoms with E-state index < -0.39 is 122 Å². The maximum absolute atomic E-state index is 14.1. The van der Waals surface area contributed by atoms with Crippen molar-refractivity contribution in [2.24, 2.45) is 0 Å². The smallest absolute Gasteiger partial charge is 0.461 e. The Morgan fingerprint density at radius 2 is 0.778 bits per heavy atom. The minimum atomic E-state index is -9.33. The van der Waals surface area contributed by atoms with Gasteiger partial charge in [-0.05, 0) is 52.8 Å². The number of ether oxygens (including phenoxy) is 2.